The van der Waals surface area contributed by atoms with E-state index in [1.807, 2.05) is 12.1 Å². The van der Waals surface area contributed by atoms with Crippen molar-refractivity contribution >= 4 is 5.97 Å². The molecule has 0 saturated heterocycles. The van der Waals surface area contributed by atoms with Gasteiger partial charge in [-0.05, 0) is 44.7 Å². The van der Waals surface area contributed by atoms with E-state index in [9.17, 15) is 18.0 Å². The van der Waals surface area contributed by atoms with Gasteiger partial charge in [0.25, 0.3) is 0 Å². The van der Waals surface area contributed by atoms with Crippen molar-refractivity contribution in [1.29, 1.82) is 0 Å². The van der Waals surface area contributed by atoms with E-state index >= 15 is 0 Å². The van der Waals surface area contributed by atoms with Crippen LogP contribution in [0.25, 0.3) is 0 Å². The molecule has 28 heavy (non-hydrogen) atoms. The lowest BCUT2D eigenvalue weighted by molar-refractivity contribution is -0.179. The number of aryl methyl sites for hydroxylation is 1. The van der Waals surface area contributed by atoms with E-state index in [1.165, 1.54) is 25.7 Å². The number of nitrogens with two attached hydrogens (primary N) is 1. The highest BCUT2D eigenvalue weighted by atomic mass is 19.4. The minimum Gasteiger partial charge on any atom is -0.459 e. The Kier molecular flexibility index (Phi) is 8.99. The first kappa shape index (κ1) is 24.5. The summed E-state index contributed by atoms with van der Waals surface area (Å²) in [5.41, 5.74) is 4.61. The van der Waals surface area contributed by atoms with Crippen LogP contribution in [-0.2, 0) is 22.4 Å². The molecular formula is C22H34F3NO2. The van der Waals surface area contributed by atoms with Crippen molar-refractivity contribution < 1.29 is 22.7 Å². The Morgan fingerprint density at radius 1 is 0.964 bits per heavy atom. The molecule has 160 valence electrons. The molecule has 0 spiro atoms. The molecule has 2 N–H and O–H groups in total. The minimum atomic E-state index is -4.57. The first-order valence-electron chi connectivity index (χ1n) is 10.0. The number of alkyl halides is 3. The number of esters is 1. The summed E-state index contributed by atoms with van der Waals surface area (Å²) >= 11 is 0. The van der Waals surface area contributed by atoms with Gasteiger partial charge in [-0.25, -0.2) is 0 Å². The Bertz CT molecular complexity index is 606. The zero-order valence-corrected chi connectivity index (χ0v) is 17.5. The molecule has 0 fully saturated rings. The van der Waals surface area contributed by atoms with Crippen molar-refractivity contribution in [3.63, 3.8) is 0 Å². The summed E-state index contributed by atoms with van der Waals surface area (Å²) in [6.07, 6.45) is 0.644. The summed E-state index contributed by atoms with van der Waals surface area (Å²) in [7, 11) is 0. The number of ether oxygens (including phenoxy) is 1. The van der Waals surface area contributed by atoms with Crippen molar-refractivity contribution in [2.24, 2.45) is 5.73 Å². The van der Waals surface area contributed by atoms with Crippen LogP contribution in [0.4, 0.5) is 13.2 Å². The van der Waals surface area contributed by atoms with Crippen molar-refractivity contribution in [1.82, 2.24) is 0 Å². The topological polar surface area (TPSA) is 52.3 Å². The van der Waals surface area contributed by atoms with Gasteiger partial charge in [0.2, 0.25) is 0 Å². The highest BCUT2D eigenvalue weighted by Gasteiger charge is 2.47. The van der Waals surface area contributed by atoms with Gasteiger partial charge in [-0.1, -0.05) is 56.9 Å². The number of hydrogen-bond acceptors (Lipinski definition) is 3. The van der Waals surface area contributed by atoms with Crippen LogP contribution in [0, 0.1) is 0 Å². The quantitative estimate of drug-likeness (QED) is 0.402. The molecule has 0 heterocycles. The Labute approximate surface area is 166 Å². The third-order valence-electron chi connectivity index (χ3n) is 4.43. The average Bonchev–Trinajstić information content (AvgIpc) is 2.53. The molecule has 1 atom stereocenters. The Morgan fingerprint density at radius 2 is 1.50 bits per heavy atom. The number of halogens is 3. The summed E-state index contributed by atoms with van der Waals surface area (Å²) in [6, 6.07) is 7.31. The number of hydrogen-bond donors (Lipinski definition) is 1. The third-order valence-corrected chi connectivity index (χ3v) is 4.43. The molecule has 0 amide bonds. The molecule has 0 aliphatic heterocycles. The molecule has 0 saturated carbocycles. The number of rotatable bonds is 10. The van der Waals surface area contributed by atoms with Crippen LogP contribution in [0.5, 0.6) is 0 Å². The molecule has 0 radical (unpaired) electrons. The minimum absolute atomic E-state index is 0.224. The summed E-state index contributed by atoms with van der Waals surface area (Å²) in [4.78, 5) is 12.4. The molecule has 1 rings (SSSR count). The fourth-order valence-corrected chi connectivity index (χ4v) is 3.06. The van der Waals surface area contributed by atoms with Crippen LogP contribution in [0.1, 0.15) is 77.3 Å². The monoisotopic (exact) mass is 401 g/mol. The standard InChI is InChI=1S/C22H34F3NO2/c1-5-6-7-8-9-10-17-11-13-18(14-12-17)15-21(26,16-22(23,24)25)19(27)28-20(2,3)4/h11-14H,5-10,15-16,26H2,1-4H3/t21-/m1/s1. The predicted molar refractivity (Wildman–Crippen MR) is 106 cm³/mol. The zero-order valence-electron chi connectivity index (χ0n) is 17.5. The molecule has 0 unspecified atom stereocenters. The normalized spacial score (nSPS) is 14.6. The average molecular weight is 402 g/mol. The van der Waals surface area contributed by atoms with Gasteiger partial charge in [-0.15, -0.1) is 0 Å². The highest BCUT2D eigenvalue weighted by Crippen LogP contribution is 2.30. The molecule has 1 aromatic carbocycles. The second-order valence-corrected chi connectivity index (χ2v) is 8.61. The van der Waals surface area contributed by atoms with Crippen LogP contribution < -0.4 is 5.73 Å². The van der Waals surface area contributed by atoms with Crippen molar-refractivity contribution in [2.75, 3.05) is 0 Å². The van der Waals surface area contributed by atoms with Crippen molar-refractivity contribution in [3.8, 4) is 0 Å². The molecule has 0 aliphatic carbocycles. The Morgan fingerprint density at radius 3 is 2.00 bits per heavy atom. The Hall–Kier alpha value is -1.56. The Balaban J connectivity index is 2.81. The summed E-state index contributed by atoms with van der Waals surface area (Å²) in [5.74, 6) is -1.03. The maximum atomic E-state index is 13.1. The van der Waals surface area contributed by atoms with E-state index in [2.05, 4.69) is 6.92 Å². The summed E-state index contributed by atoms with van der Waals surface area (Å²) < 4.78 is 44.3. The largest absolute Gasteiger partial charge is 0.459 e. The van der Waals surface area contributed by atoms with Gasteiger partial charge in [0.05, 0.1) is 6.42 Å². The van der Waals surface area contributed by atoms with Gasteiger partial charge in [0, 0.05) is 6.42 Å². The first-order chi connectivity index (χ1) is 12.8. The fourth-order valence-electron chi connectivity index (χ4n) is 3.06. The fraction of sp³-hybridized carbons (Fsp3) is 0.682. The lowest BCUT2D eigenvalue weighted by atomic mass is 9.87. The second-order valence-electron chi connectivity index (χ2n) is 8.61. The van der Waals surface area contributed by atoms with E-state index < -0.39 is 29.7 Å². The van der Waals surface area contributed by atoms with Crippen LogP contribution in [-0.4, -0.2) is 23.3 Å². The van der Waals surface area contributed by atoms with E-state index in [4.69, 9.17) is 10.5 Å². The van der Waals surface area contributed by atoms with Crippen LogP contribution in [0.2, 0.25) is 0 Å². The van der Waals surface area contributed by atoms with E-state index in [0.717, 1.165) is 18.4 Å². The van der Waals surface area contributed by atoms with E-state index in [0.29, 0.717) is 5.56 Å². The van der Waals surface area contributed by atoms with Gasteiger partial charge in [-0.3, -0.25) is 4.79 Å². The zero-order chi connectivity index (χ0) is 21.4. The molecule has 6 heteroatoms. The van der Waals surface area contributed by atoms with Crippen molar-refractivity contribution in [2.45, 2.75) is 96.4 Å². The third kappa shape index (κ3) is 9.58. The lowest BCUT2D eigenvalue weighted by Gasteiger charge is -2.32. The number of unbranched alkanes of at least 4 members (excludes halogenated alkanes) is 4. The first-order valence-corrected chi connectivity index (χ1v) is 10.0. The second kappa shape index (κ2) is 10.3. The van der Waals surface area contributed by atoms with Crippen LogP contribution >= 0.6 is 0 Å². The molecule has 0 aromatic heterocycles. The maximum absolute atomic E-state index is 13.1. The number of carbonyl (C=O) groups is 1. The smallest absolute Gasteiger partial charge is 0.391 e. The molecule has 1 aromatic rings. The van der Waals surface area contributed by atoms with Crippen molar-refractivity contribution in [3.05, 3.63) is 35.4 Å². The lowest BCUT2D eigenvalue weighted by Crippen LogP contribution is -2.55. The molecule has 3 nitrogen and oxygen atoms in total. The van der Waals surface area contributed by atoms with Gasteiger partial charge in [0.1, 0.15) is 11.1 Å². The van der Waals surface area contributed by atoms with Gasteiger partial charge in [0.15, 0.2) is 0 Å². The highest BCUT2D eigenvalue weighted by molar-refractivity contribution is 5.81. The maximum Gasteiger partial charge on any atom is 0.391 e. The SMILES string of the molecule is CCCCCCCc1ccc(C[C@@](N)(CC(F)(F)F)C(=O)OC(C)(C)C)cc1. The number of carbonyl (C=O) groups excluding carboxylic acids is 1. The van der Waals surface area contributed by atoms with Gasteiger partial charge >= 0.3 is 12.1 Å². The van der Waals surface area contributed by atoms with Crippen LogP contribution in [0.15, 0.2) is 24.3 Å². The molecular weight excluding hydrogens is 367 g/mol. The predicted octanol–water partition coefficient (Wildman–Crippen LogP) is 5.73. The summed E-state index contributed by atoms with van der Waals surface area (Å²) in [5, 5.41) is 0. The number of benzene rings is 1. The molecule has 0 aliphatic rings. The van der Waals surface area contributed by atoms with E-state index in [1.54, 1.807) is 32.9 Å². The van der Waals surface area contributed by atoms with Crippen LogP contribution in [0.3, 0.4) is 0 Å². The molecule has 0 bridgehead atoms. The van der Waals surface area contributed by atoms with E-state index in [-0.39, 0.29) is 6.42 Å². The van der Waals surface area contributed by atoms with Gasteiger partial charge in [-0.2, -0.15) is 13.2 Å². The van der Waals surface area contributed by atoms with Gasteiger partial charge < -0.3 is 10.5 Å². The summed E-state index contributed by atoms with van der Waals surface area (Å²) in [6.45, 7) is 6.99.